The summed E-state index contributed by atoms with van der Waals surface area (Å²) < 4.78 is 1.13. The van der Waals surface area contributed by atoms with E-state index in [0.29, 0.717) is 5.56 Å². The number of carboxylic acids is 1. The Balaban J connectivity index is 2.31. The summed E-state index contributed by atoms with van der Waals surface area (Å²) in [7, 11) is 0. The zero-order valence-electron chi connectivity index (χ0n) is 12.0. The van der Waals surface area contributed by atoms with Gasteiger partial charge >= 0.3 is 5.97 Å². The fourth-order valence-electron chi connectivity index (χ4n) is 2.27. The number of carboxylic acid groups (broad SMARTS) is 1. The van der Waals surface area contributed by atoms with Crippen molar-refractivity contribution in [2.75, 3.05) is 0 Å². The summed E-state index contributed by atoms with van der Waals surface area (Å²) >= 11 is 5.82. The highest BCUT2D eigenvalue weighted by molar-refractivity contribution is 6.30. The van der Waals surface area contributed by atoms with Crippen molar-refractivity contribution >= 4 is 23.3 Å². The second kappa shape index (κ2) is 6.09. The first-order valence-corrected chi connectivity index (χ1v) is 7.05. The van der Waals surface area contributed by atoms with Crippen LogP contribution in [0.15, 0.2) is 48.5 Å². The van der Waals surface area contributed by atoms with Gasteiger partial charge in [-0.25, -0.2) is 9.48 Å². The number of benzene rings is 2. The van der Waals surface area contributed by atoms with Crippen LogP contribution < -0.4 is 0 Å². The second-order valence-corrected chi connectivity index (χ2v) is 5.20. The van der Waals surface area contributed by atoms with Crippen LogP contribution in [0.5, 0.6) is 0 Å². The molecule has 9 heteroatoms. The molecule has 0 amide bonds. The molecule has 0 unspecified atom stereocenters. The molecule has 0 saturated heterocycles. The molecular weight excluding hydrogens is 336 g/mol. The fourth-order valence-corrected chi connectivity index (χ4v) is 2.44. The van der Waals surface area contributed by atoms with E-state index in [0.717, 1.165) is 4.68 Å². The van der Waals surface area contributed by atoms with Crippen LogP contribution in [-0.2, 0) is 0 Å². The van der Waals surface area contributed by atoms with Crippen molar-refractivity contribution in [3.05, 3.63) is 69.4 Å². The van der Waals surface area contributed by atoms with Crippen LogP contribution in [0, 0.1) is 10.1 Å². The maximum atomic E-state index is 11.4. The average molecular weight is 345 g/mol. The lowest BCUT2D eigenvalue weighted by atomic mass is 10.1. The van der Waals surface area contributed by atoms with Gasteiger partial charge in [0.2, 0.25) is 0 Å². The molecule has 0 saturated carbocycles. The predicted octanol–water partition coefficient (Wildman–Crippen LogP) is 3.19. The minimum Gasteiger partial charge on any atom is -0.476 e. The molecule has 120 valence electrons. The van der Waals surface area contributed by atoms with E-state index in [9.17, 15) is 20.0 Å². The first-order valence-electron chi connectivity index (χ1n) is 6.68. The van der Waals surface area contributed by atoms with Gasteiger partial charge in [0.15, 0.2) is 5.69 Å². The largest absolute Gasteiger partial charge is 0.476 e. The van der Waals surface area contributed by atoms with Gasteiger partial charge in [0.25, 0.3) is 5.69 Å². The second-order valence-electron chi connectivity index (χ2n) is 4.76. The Labute approximate surface area is 140 Å². The van der Waals surface area contributed by atoms with Crippen molar-refractivity contribution in [1.29, 1.82) is 0 Å². The number of halogens is 1. The molecule has 1 N–H and O–H groups in total. The van der Waals surface area contributed by atoms with E-state index in [1.165, 1.54) is 18.2 Å². The lowest BCUT2D eigenvalue weighted by Gasteiger charge is -2.08. The van der Waals surface area contributed by atoms with Crippen LogP contribution in [-0.4, -0.2) is 31.0 Å². The van der Waals surface area contributed by atoms with E-state index in [2.05, 4.69) is 10.3 Å². The van der Waals surface area contributed by atoms with Gasteiger partial charge in [0.1, 0.15) is 11.4 Å². The Morgan fingerprint density at radius 2 is 1.92 bits per heavy atom. The molecular formula is C15H9ClN4O4. The summed E-state index contributed by atoms with van der Waals surface area (Å²) in [6, 6.07) is 12.6. The van der Waals surface area contributed by atoms with Crippen LogP contribution in [0.4, 0.5) is 5.69 Å². The maximum absolute atomic E-state index is 11.4. The van der Waals surface area contributed by atoms with E-state index < -0.39 is 10.9 Å². The van der Waals surface area contributed by atoms with Crippen molar-refractivity contribution in [2.24, 2.45) is 0 Å². The molecule has 0 bridgehead atoms. The Morgan fingerprint density at radius 1 is 1.21 bits per heavy atom. The molecule has 0 aliphatic rings. The van der Waals surface area contributed by atoms with Gasteiger partial charge < -0.3 is 5.11 Å². The number of aromatic carboxylic acids is 1. The molecule has 3 rings (SSSR count). The Hall–Kier alpha value is -3.26. The average Bonchev–Trinajstić information content (AvgIpc) is 3.00. The number of aromatic nitrogens is 3. The summed E-state index contributed by atoms with van der Waals surface area (Å²) in [6.07, 6.45) is 0. The van der Waals surface area contributed by atoms with E-state index in [-0.39, 0.29) is 27.8 Å². The standard InChI is InChI=1S/C15H9ClN4O4/c16-10-6-7-11(12(8-10)20(23)24)19-14(9-4-2-1-3-5-9)13(15(21)22)17-18-19/h1-8H,(H,21,22). The number of carbonyl (C=O) groups is 1. The lowest BCUT2D eigenvalue weighted by Crippen LogP contribution is -2.05. The van der Waals surface area contributed by atoms with Gasteiger partial charge in [-0.05, 0) is 12.1 Å². The molecule has 0 spiro atoms. The first-order chi connectivity index (χ1) is 11.5. The van der Waals surface area contributed by atoms with Crippen LogP contribution in [0.2, 0.25) is 5.02 Å². The van der Waals surface area contributed by atoms with Gasteiger partial charge in [-0.15, -0.1) is 5.10 Å². The molecule has 0 aliphatic heterocycles. The van der Waals surface area contributed by atoms with Gasteiger partial charge in [-0.3, -0.25) is 10.1 Å². The number of nitro benzene ring substituents is 1. The van der Waals surface area contributed by atoms with Crippen molar-refractivity contribution in [3.8, 4) is 16.9 Å². The van der Waals surface area contributed by atoms with Crippen LogP contribution >= 0.6 is 11.6 Å². The molecule has 2 aromatic carbocycles. The fraction of sp³-hybridized carbons (Fsp3) is 0. The molecule has 8 nitrogen and oxygen atoms in total. The minimum atomic E-state index is -1.28. The molecule has 24 heavy (non-hydrogen) atoms. The van der Waals surface area contributed by atoms with Gasteiger partial charge in [0.05, 0.1) is 4.92 Å². The zero-order chi connectivity index (χ0) is 17.3. The highest BCUT2D eigenvalue weighted by Crippen LogP contribution is 2.31. The first kappa shape index (κ1) is 15.6. The summed E-state index contributed by atoms with van der Waals surface area (Å²) in [5.41, 5.74) is 0.132. The maximum Gasteiger partial charge on any atom is 0.358 e. The molecule has 1 heterocycles. The van der Waals surface area contributed by atoms with Crippen LogP contribution in [0.25, 0.3) is 16.9 Å². The van der Waals surface area contributed by atoms with Crippen molar-refractivity contribution < 1.29 is 14.8 Å². The van der Waals surface area contributed by atoms with E-state index in [4.69, 9.17) is 11.6 Å². The monoisotopic (exact) mass is 344 g/mol. The summed E-state index contributed by atoms with van der Waals surface area (Å²) in [5, 5.41) is 28.3. The smallest absolute Gasteiger partial charge is 0.358 e. The summed E-state index contributed by atoms with van der Waals surface area (Å²) in [4.78, 5) is 22.1. The number of rotatable bonds is 4. The number of hydrogen-bond acceptors (Lipinski definition) is 5. The SMILES string of the molecule is O=C(O)c1nnn(-c2ccc(Cl)cc2[N+](=O)[O-])c1-c1ccccc1. The van der Waals surface area contributed by atoms with E-state index >= 15 is 0 Å². The normalized spacial score (nSPS) is 10.5. The quantitative estimate of drug-likeness (QED) is 0.574. The molecule has 3 aromatic rings. The summed E-state index contributed by atoms with van der Waals surface area (Å²) in [6.45, 7) is 0. The molecule has 0 aliphatic carbocycles. The molecule has 1 aromatic heterocycles. The number of nitrogens with zero attached hydrogens (tertiary/aromatic N) is 4. The third-order valence-electron chi connectivity index (χ3n) is 3.28. The molecule has 0 radical (unpaired) electrons. The van der Waals surface area contributed by atoms with E-state index in [1.807, 2.05) is 0 Å². The number of nitro groups is 1. The van der Waals surface area contributed by atoms with Crippen molar-refractivity contribution in [2.45, 2.75) is 0 Å². The van der Waals surface area contributed by atoms with Crippen LogP contribution in [0.1, 0.15) is 10.5 Å². The van der Waals surface area contributed by atoms with Crippen molar-refractivity contribution in [1.82, 2.24) is 15.0 Å². The lowest BCUT2D eigenvalue weighted by molar-refractivity contribution is -0.384. The third-order valence-corrected chi connectivity index (χ3v) is 3.52. The van der Waals surface area contributed by atoms with Gasteiger partial charge in [0, 0.05) is 16.7 Å². The Kier molecular flexibility index (Phi) is 3.97. The Bertz CT molecular complexity index is 940. The van der Waals surface area contributed by atoms with E-state index in [1.54, 1.807) is 30.3 Å². The topological polar surface area (TPSA) is 111 Å². The summed E-state index contributed by atoms with van der Waals surface area (Å²) in [5.74, 6) is -1.28. The molecule has 0 atom stereocenters. The Morgan fingerprint density at radius 3 is 2.54 bits per heavy atom. The number of hydrogen-bond donors (Lipinski definition) is 1. The van der Waals surface area contributed by atoms with Gasteiger partial charge in [-0.1, -0.05) is 47.1 Å². The highest BCUT2D eigenvalue weighted by Gasteiger charge is 2.25. The predicted molar refractivity (Wildman–Crippen MR) is 85.4 cm³/mol. The van der Waals surface area contributed by atoms with Gasteiger partial charge in [-0.2, -0.15) is 0 Å². The molecule has 0 fully saturated rings. The highest BCUT2D eigenvalue weighted by atomic mass is 35.5. The zero-order valence-corrected chi connectivity index (χ0v) is 12.7. The van der Waals surface area contributed by atoms with Crippen LogP contribution in [0.3, 0.4) is 0 Å². The third kappa shape index (κ3) is 2.70. The minimum absolute atomic E-state index is 0.0725. The van der Waals surface area contributed by atoms with Crippen molar-refractivity contribution in [3.63, 3.8) is 0 Å².